The van der Waals surface area contributed by atoms with E-state index in [-0.39, 0.29) is 29.2 Å². The molecule has 1 spiro atoms. The van der Waals surface area contributed by atoms with Gasteiger partial charge in [0.2, 0.25) is 5.88 Å². The number of methoxy groups -OCH3 is 1. The van der Waals surface area contributed by atoms with Crippen LogP contribution in [0.25, 0.3) is 11.4 Å². The summed E-state index contributed by atoms with van der Waals surface area (Å²) < 4.78 is 37.4. The van der Waals surface area contributed by atoms with E-state index >= 15 is 0 Å². The van der Waals surface area contributed by atoms with Crippen molar-refractivity contribution in [1.82, 2.24) is 14.5 Å². The Balaban J connectivity index is 1.68. The van der Waals surface area contributed by atoms with E-state index in [0.717, 1.165) is 0 Å². The predicted octanol–water partition coefficient (Wildman–Crippen LogP) is 6.61. The van der Waals surface area contributed by atoms with Crippen LogP contribution in [0.4, 0.5) is 20.2 Å². The molecule has 0 bridgehead atoms. The monoisotopic (exact) mass is 613 g/mol. The number of hydrogen-bond acceptors (Lipinski definition) is 6. The number of alkyl halides is 2. The summed E-state index contributed by atoms with van der Waals surface area (Å²) in [7, 11) is 1.36. The van der Waals surface area contributed by atoms with Crippen molar-refractivity contribution in [3.8, 4) is 23.0 Å². The van der Waals surface area contributed by atoms with Crippen molar-refractivity contribution < 1.29 is 27.8 Å². The van der Waals surface area contributed by atoms with Crippen LogP contribution in [-0.2, 0) is 10.3 Å². The Kier molecular flexibility index (Phi) is 6.62. The molecule has 0 saturated carbocycles. The van der Waals surface area contributed by atoms with Gasteiger partial charge in [-0.05, 0) is 50.6 Å². The Morgan fingerprint density at radius 1 is 1.05 bits per heavy atom. The number of benzene rings is 2. The summed E-state index contributed by atoms with van der Waals surface area (Å²) in [5.74, 6) is -0.965. The molecule has 6 rings (SSSR count). The van der Waals surface area contributed by atoms with Gasteiger partial charge in [0, 0.05) is 39.6 Å². The van der Waals surface area contributed by atoms with Crippen LogP contribution in [0.1, 0.15) is 47.2 Å². The molecule has 2 aliphatic heterocycles. The third kappa shape index (κ3) is 3.94. The number of carbonyl (C=O) groups is 2. The molecule has 9 nitrogen and oxygen atoms in total. The number of aryl methyl sites for hydroxylation is 1. The molecule has 2 aromatic heterocycles. The van der Waals surface area contributed by atoms with Crippen LogP contribution < -0.4 is 19.7 Å². The van der Waals surface area contributed by atoms with Gasteiger partial charge < -0.3 is 19.4 Å². The summed E-state index contributed by atoms with van der Waals surface area (Å²) in [4.78, 5) is 38.9. The van der Waals surface area contributed by atoms with Crippen molar-refractivity contribution in [3.63, 3.8) is 0 Å². The lowest BCUT2D eigenvalue weighted by Crippen LogP contribution is -2.51. The smallest absolute Gasteiger partial charge is 0.388 e. The van der Waals surface area contributed by atoms with Crippen LogP contribution in [0.15, 0.2) is 48.7 Å². The fourth-order valence-electron chi connectivity index (χ4n) is 5.74. The van der Waals surface area contributed by atoms with Crippen molar-refractivity contribution in [2.45, 2.75) is 39.0 Å². The van der Waals surface area contributed by atoms with Gasteiger partial charge in [-0.3, -0.25) is 14.5 Å². The number of nitrogens with zero attached hydrogens (tertiary/aromatic N) is 4. The number of aromatic nitrogens is 3. The van der Waals surface area contributed by atoms with Crippen LogP contribution in [0.2, 0.25) is 10.0 Å². The first-order chi connectivity index (χ1) is 20.0. The Bertz CT molecular complexity index is 1790. The minimum Gasteiger partial charge on any atom is -0.496 e. The van der Waals surface area contributed by atoms with Crippen molar-refractivity contribution >= 4 is 46.4 Å². The molecule has 2 aliphatic rings. The lowest BCUT2D eigenvalue weighted by Gasteiger charge is -2.36. The molecular weight excluding hydrogens is 591 g/mol. The standard InChI is InChI=1S/C29H23Cl2F2N5O4/c1-13(2)37-24-23(36-25(37)17-12-34-22(42-28(32)33)11-21(17)41-4)26(39)38(20-10-16(31)6-5-14(20)3)29(24)18-8-7-15(30)9-19(18)35-27(29)40/h5-13,28H,1-4H3,(H,35,40)/t29-/m0/s1. The molecule has 4 aromatic rings. The fourth-order valence-corrected chi connectivity index (χ4v) is 6.08. The summed E-state index contributed by atoms with van der Waals surface area (Å²) in [5, 5.41) is 3.70. The maximum Gasteiger partial charge on any atom is 0.388 e. The first-order valence-electron chi connectivity index (χ1n) is 12.8. The lowest BCUT2D eigenvalue weighted by molar-refractivity contribution is -0.119. The first kappa shape index (κ1) is 27.9. The van der Waals surface area contributed by atoms with Crippen molar-refractivity contribution in [2.24, 2.45) is 0 Å². The second kappa shape index (κ2) is 9.95. The molecule has 0 radical (unpaired) electrons. The summed E-state index contributed by atoms with van der Waals surface area (Å²) in [5.41, 5.74) is 1.08. The maximum atomic E-state index is 14.4. The number of pyridine rings is 1. The van der Waals surface area contributed by atoms with Gasteiger partial charge in [0.05, 0.1) is 24.1 Å². The second-order valence-corrected chi connectivity index (χ2v) is 11.0. The molecule has 42 heavy (non-hydrogen) atoms. The minimum atomic E-state index is -3.08. The normalized spacial score (nSPS) is 17.3. The zero-order valence-corrected chi connectivity index (χ0v) is 24.2. The Labute approximate surface area is 249 Å². The van der Waals surface area contributed by atoms with Crippen LogP contribution in [-0.4, -0.2) is 40.1 Å². The largest absolute Gasteiger partial charge is 0.496 e. The van der Waals surface area contributed by atoms with Gasteiger partial charge in [0.25, 0.3) is 11.8 Å². The SMILES string of the molecule is COc1cc(OC(F)F)ncc1-c1nc2c(n1C(C)C)[C@@]1(C(=O)Nc3cc(Cl)ccc31)N(c1cc(Cl)ccc1C)C2=O. The van der Waals surface area contributed by atoms with E-state index in [1.165, 1.54) is 24.3 Å². The van der Waals surface area contributed by atoms with E-state index in [0.29, 0.717) is 43.8 Å². The van der Waals surface area contributed by atoms with Gasteiger partial charge in [-0.1, -0.05) is 35.3 Å². The second-order valence-electron chi connectivity index (χ2n) is 10.1. The van der Waals surface area contributed by atoms with E-state index < -0.39 is 24.0 Å². The Morgan fingerprint density at radius 3 is 2.45 bits per heavy atom. The number of amides is 2. The summed E-state index contributed by atoms with van der Waals surface area (Å²) in [6.07, 6.45) is 1.28. The average molecular weight is 614 g/mol. The fraction of sp³-hybridized carbons (Fsp3) is 0.241. The van der Waals surface area contributed by atoms with Gasteiger partial charge >= 0.3 is 6.61 Å². The van der Waals surface area contributed by atoms with E-state index in [2.05, 4.69) is 15.0 Å². The molecule has 0 unspecified atom stereocenters. The molecule has 0 fully saturated rings. The van der Waals surface area contributed by atoms with Crippen LogP contribution in [0.3, 0.4) is 0 Å². The maximum absolute atomic E-state index is 14.4. The molecule has 1 N–H and O–H groups in total. The third-order valence-electron chi connectivity index (χ3n) is 7.38. The van der Waals surface area contributed by atoms with Crippen molar-refractivity contribution in [3.05, 3.63) is 81.2 Å². The first-order valence-corrected chi connectivity index (χ1v) is 13.6. The number of carbonyl (C=O) groups excluding carboxylic acids is 2. The topological polar surface area (TPSA) is 98.6 Å². The van der Waals surface area contributed by atoms with E-state index in [9.17, 15) is 18.4 Å². The van der Waals surface area contributed by atoms with Crippen LogP contribution in [0.5, 0.6) is 11.6 Å². The summed E-state index contributed by atoms with van der Waals surface area (Å²) in [6, 6.07) is 11.0. The molecule has 13 heteroatoms. The highest BCUT2D eigenvalue weighted by molar-refractivity contribution is 6.32. The molecule has 0 saturated heterocycles. The van der Waals surface area contributed by atoms with Gasteiger partial charge in [0.15, 0.2) is 11.2 Å². The molecular formula is C29H23Cl2F2N5O4. The summed E-state index contributed by atoms with van der Waals surface area (Å²) in [6.45, 7) is 2.49. The predicted molar refractivity (Wildman–Crippen MR) is 153 cm³/mol. The summed E-state index contributed by atoms with van der Waals surface area (Å²) >= 11 is 12.7. The van der Waals surface area contributed by atoms with Crippen LogP contribution in [0, 0.1) is 6.92 Å². The number of anilines is 2. The quantitative estimate of drug-likeness (QED) is 0.263. The molecule has 4 heterocycles. The molecule has 2 amide bonds. The highest BCUT2D eigenvalue weighted by Crippen LogP contribution is 2.55. The number of imidazole rings is 1. The number of rotatable bonds is 6. The van der Waals surface area contributed by atoms with Crippen LogP contribution >= 0.6 is 23.2 Å². The number of ether oxygens (including phenoxy) is 2. The molecule has 216 valence electrons. The average Bonchev–Trinajstić information content (AvgIpc) is 3.53. The molecule has 1 atom stereocenters. The van der Waals surface area contributed by atoms with E-state index in [1.807, 2.05) is 20.8 Å². The van der Waals surface area contributed by atoms with Gasteiger partial charge in [-0.15, -0.1) is 0 Å². The molecule has 2 aromatic carbocycles. The minimum absolute atomic E-state index is 0.0333. The van der Waals surface area contributed by atoms with Gasteiger partial charge in [-0.2, -0.15) is 8.78 Å². The zero-order chi connectivity index (χ0) is 30.1. The van der Waals surface area contributed by atoms with E-state index in [4.69, 9.17) is 32.9 Å². The van der Waals surface area contributed by atoms with Crippen molar-refractivity contribution in [2.75, 3.05) is 17.3 Å². The number of fused-ring (bicyclic) bond motifs is 4. The highest BCUT2D eigenvalue weighted by atomic mass is 35.5. The Hall–Kier alpha value is -4.22. The Morgan fingerprint density at radius 2 is 1.76 bits per heavy atom. The molecule has 0 aliphatic carbocycles. The highest BCUT2D eigenvalue weighted by Gasteiger charge is 2.64. The third-order valence-corrected chi connectivity index (χ3v) is 7.85. The number of halogens is 4. The van der Waals surface area contributed by atoms with Gasteiger partial charge in [-0.25, -0.2) is 9.97 Å². The van der Waals surface area contributed by atoms with Gasteiger partial charge in [0.1, 0.15) is 11.6 Å². The van der Waals surface area contributed by atoms with Crippen molar-refractivity contribution in [1.29, 1.82) is 0 Å². The number of nitrogens with one attached hydrogen (secondary N) is 1. The number of hydrogen-bond donors (Lipinski definition) is 1. The lowest BCUT2D eigenvalue weighted by atomic mass is 9.86. The van der Waals surface area contributed by atoms with E-state index in [1.54, 1.807) is 41.0 Å². The zero-order valence-electron chi connectivity index (χ0n) is 22.7.